The van der Waals surface area contributed by atoms with Crippen molar-refractivity contribution in [1.29, 1.82) is 0 Å². The van der Waals surface area contributed by atoms with Crippen LogP contribution in [-0.2, 0) is 22.7 Å². The van der Waals surface area contributed by atoms with Crippen LogP contribution in [0.25, 0.3) is 6.08 Å². The lowest BCUT2D eigenvalue weighted by molar-refractivity contribution is -0.123. The molecule has 1 aromatic heterocycles. The Hall–Kier alpha value is -2.34. The molecule has 0 radical (unpaired) electrons. The third-order valence-corrected chi connectivity index (χ3v) is 7.46. The normalized spacial score (nSPS) is 14.6. The standard InChI is InChI=1S/C24H16Br3NO6S/c1-32-23(30)19-7-6-16(34-19)11-28-22(29)20(35-24(28)31)10-14-8-17(26)21(18(27)9-14)33-12-13-2-4-15(25)5-3-13/h2-10H,11-12H2,1H3/b20-10+. The number of methoxy groups -OCH3 is 1. The van der Waals surface area contributed by atoms with Crippen molar-refractivity contribution in [2.24, 2.45) is 0 Å². The fourth-order valence-corrected chi connectivity index (χ4v) is 5.71. The summed E-state index contributed by atoms with van der Waals surface area (Å²) in [5, 5.41) is -0.426. The summed E-state index contributed by atoms with van der Waals surface area (Å²) >= 11 is 11.3. The van der Waals surface area contributed by atoms with E-state index in [-0.39, 0.29) is 17.2 Å². The number of hydrogen-bond donors (Lipinski definition) is 0. The van der Waals surface area contributed by atoms with E-state index in [0.717, 1.165) is 26.7 Å². The Morgan fingerprint density at radius 1 is 1.06 bits per heavy atom. The number of esters is 1. The zero-order chi connectivity index (χ0) is 25.1. The van der Waals surface area contributed by atoms with Crippen LogP contribution in [0.15, 0.2) is 71.3 Å². The molecule has 2 amide bonds. The van der Waals surface area contributed by atoms with Crippen molar-refractivity contribution < 1.29 is 28.3 Å². The number of furan rings is 1. The molecule has 35 heavy (non-hydrogen) atoms. The SMILES string of the molecule is COC(=O)c1ccc(CN2C(=O)S/C(=C/c3cc(Br)c(OCc4ccc(Br)cc4)c(Br)c3)C2=O)o1. The first-order valence-corrected chi connectivity index (χ1v) is 13.2. The molecule has 2 aromatic carbocycles. The molecule has 4 rings (SSSR count). The zero-order valence-corrected chi connectivity index (χ0v) is 23.6. The van der Waals surface area contributed by atoms with Crippen molar-refractivity contribution in [3.63, 3.8) is 0 Å². The number of nitrogens with zero attached hydrogens (tertiary/aromatic N) is 1. The Balaban J connectivity index is 1.47. The van der Waals surface area contributed by atoms with Crippen LogP contribution in [0.3, 0.4) is 0 Å². The second-order valence-electron chi connectivity index (χ2n) is 7.25. The van der Waals surface area contributed by atoms with Gasteiger partial charge in [0.15, 0.2) is 0 Å². The smallest absolute Gasteiger partial charge is 0.373 e. The molecule has 0 unspecified atom stereocenters. The predicted octanol–water partition coefficient (Wildman–Crippen LogP) is 7.17. The topological polar surface area (TPSA) is 86.0 Å². The molecule has 0 N–H and O–H groups in total. The van der Waals surface area contributed by atoms with Gasteiger partial charge in [-0.15, -0.1) is 0 Å². The molecule has 0 spiro atoms. The van der Waals surface area contributed by atoms with Gasteiger partial charge in [-0.25, -0.2) is 4.79 Å². The molecule has 1 fully saturated rings. The van der Waals surface area contributed by atoms with Crippen LogP contribution in [0, 0.1) is 0 Å². The van der Waals surface area contributed by atoms with Crippen molar-refractivity contribution in [2.45, 2.75) is 13.2 Å². The lowest BCUT2D eigenvalue weighted by Gasteiger charge is -2.12. The predicted molar refractivity (Wildman–Crippen MR) is 142 cm³/mol. The largest absolute Gasteiger partial charge is 0.487 e. The summed E-state index contributed by atoms with van der Waals surface area (Å²) in [6.45, 7) is 0.294. The van der Waals surface area contributed by atoms with Crippen LogP contribution in [0.5, 0.6) is 5.75 Å². The quantitative estimate of drug-likeness (QED) is 0.193. The number of hydrogen-bond acceptors (Lipinski definition) is 7. The maximum absolute atomic E-state index is 12.9. The summed E-state index contributed by atoms with van der Waals surface area (Å²) in [6, 6.07) is 14.4. The van der Waals surface area contributed by atoms with Gasteiger partial charge >= 0.3 is 5.97 Å². The van der Waals surface area contributed by atoms with Crippen LogP contribution in [0.1, 0.15) is 27.4 Å². The monoisotopic (exact) mass is 683 g/mol. The van der Waals surface area contributed by atoms with Gasteiger partial charge in [0, 0.05) is 4.47 Å². The number of benzene rings is 2. The van der Waals surface area contributed by atoms with Crippen LogP contribution in [-0.4, -0.2) is 29.1 Å². The summed E-state index contributed by atoms with van der Waals surface area (Å²) in [6.07, 6.45) is 1.64. The molecule has 1 aliphatic heterocycles. The fourth-order valence-electron chi connectivity index (χ4n) is 3.15. The summed E-state index contributed by atoms with van der Waals surface area (Å²) in [5.74, 6) is -0.157. The van der Waals surface area contributed by atoms with Crippen molar-refractivity contribution >= 4 is 82.7 Å². The van der Waals surface area contributed by atoms with E-state index in [1.807, 2.05) is 36.4 Å². The minimum Gasteiger partial charge on any atom is -0.487 e. The Morgan fingerprint density at radius 2 is 1.74 bits per heavy atom. The molecule has 11 heteroatoms. The van der Waals surface area contributed by atoms with Crippen LogP contribution < -0.4 is 4.74 Å². The van der Waals surface area contributed by atoms with Crippen molar-refractivity contribution in [1.82, 2.24) is 4.90 Å². The molecular formula is C24H16Br3NO6S. The maximum atomic E-state index is 12.9. The number of carbonyl (C=O) groups is 3. The van der Waals surface area contributed by atoms with E-state index in [1.165, 1.54) is 19.2 Å². The number of halogens is 3. The van der Waals surface area contributed by atoms with E-state index in [1.54, 1.807) is 6.08 Å². The molecule has 180 valence electrons. The third kappa shape index (κ3) is 6.08. The van der Waals surface area contributed by atoms with Crippen molar-refractivity contribution in [3.8, 4) is 5.75 Å². The van der Waals surface area contributed by atoms with E-state index in [4.69, 9.17) is 9.15 Å². The van der Waals surface area contributed by atoms with Crippen molar-refractivity contribution in [2.75, 3.05) is 7.11 Å². The Labute approximate surface area is 230 Å². The average Bonchev–Trinajstić information content (AvgIpc) is 3.39. The van der Waals surface area contributed by atoms with Gasteiger partial charge in [0.25, 0.3) is 11.1 Å². The van der Waals surface area contributed by atoms with Gasteiger partial charge in [-0.1, -0.05) is 28.1 Å². The van der Waals surface area contributed by atoms with Gasteiger partial charge in [-0.2, -0.15) is 0 Å². The fraction of sp³-hybridized carbons (Fsp3) is 0.125. The van der Waals surface area contributed by atoms with Gasteiger partial charge in [0.1, 0.15) is 18.1 Å². The third-order valence-electron chi connectivity index (χ3n) is 4.85. The molecule has 1 saturated heterocycles. The summed E-state index contributed by atoms with van der Waals surface area (Å²) in [7, 11) is 1.24. The highest BCUT2D eigenvalue weighted by Gasteiger charge is 2.36. The highest BCUT2D eigenvalue weighted by Crippen LogP contribution is 2.38. The minimum atomic E-state index is -0.634. The molecule has 0 bridgehead atoms. The second kappa shape index (κ2) is 11.2. The molecule has 1 aliphatic rings. The summed E-state index contributed by atoms with van der Waals surface area (Å²) in [4.78, 5) is 38.2. The molecule has 3 aromatic rings. The zero-order valence-electron chi connectivity index (χ0n) is 18.0. The van der Waals surface area contributed by atoms with Gasteiger partial charge in [0.2, 0.25) is 5.76 Å². The molecule has 0 saturated carbocycles. The first-order chi connectivity index (χ1) is 16.7. The lowest BCUT2D eigenvalue weighted by atomic mass is 10.2. The van der Waals surface area contributed by atoms with Crippen LogP contribution in [0.2, 0.25) is 0 Å². The number of ether oxygens (including phenoxy) is 2. The highest BCUT2D eigenvalue weighted by molar-refractivity contribution is 9.11. The van der Waals surface area contributed by atoms with E-state index < -0.39 is 17.1 Å². The van der Waals surface area contributed by atoms with Gasteiger partial charge < -0.3 is 13.9 Å². The first-order valence-electron chi connectivity index (χ1n) is 10.0. The van der Waals surface area contributed by atoms with Crippen molar-refractivity contribution in [3.05, 3.63) is 89.5 Å². The number of carbonyl (C=O) groups excluding carboxylic acids is 3. The Bertz CT molecular complexity index is 1310. The van der Waals surface area contributed by atoms with Crippen LogP contribution >= 0.6 is 59.6 Å². The highest BCUT2D eigenvalue weighted by atomic mass is 79.9. The van der Waals surface area contributed by atoms with E-state index >= 15 is 0 Å². The van der Waals surface area contributed by atoms with E-state index in [0.29, 0.717) is 32.6 Å². The average molecular weight is 686 g/mol. The van der Waals surface area contributed by atoms with Crippen LogP contribution in [0.4, 0.5) is 4.79 Å². The number of rotatable bonds is 7. The number of thioether (sulfide) groups is 1. The molecule has 0 atom stereocenters. The first kappa shape index (κ1) is 25.7. The molecule has 0 aliphatic carbocycles. The van der Waals surface area contributed by atoms with Gasteiger partial charge in [-0.3, -0.25) is 14.5 Å². The Kier molecular flexibility index (Phi) is 8.20. The minimum absolute atomic E-state index is 0.00200. The van der Waals surface area contributed by atoms with E-state index in [9.17, 15) is 14.4 Å². The molecular weight excluding hydrogens is 670 g/mol. The van der Waals surface area contributed by atoms with E-state index in [2.05, 4.69) is 52.5 Å². The summed E-state index contributed by atoms with van der Waals surface area (Å²) < 4.78 is 18.3. The second-order valence-corrected chi connectivity index (χ2v) is 10.9. The summed E-state index contributed by atoms with van der Waals surface area (Å²) in [5.41, 5.74) is 1.72. The Morgan fingerprint density at radius 3 is 2.40 bits per heavy atom. The molecule has 7 nitrogen and oxygen atoms in total. The number of amides is 2. The molecule has 2 heterocycles. The van der Waals surface area contributed by atoms with Gasteiger partial charge in [0.05, 0.1) is 27.5 Å². The maximum Gasteiger partial charge on any atom is 0.373 e. The van der Waals surface area contributed by atoms with Gasteiger partial charge in [-0.05, 0) is 97.2 Å². The lowest BCUT2D eigenvalue weighted by Crippen LogP contribution is -2.27. The number of imide groups is 1.